The average molecular weight is 248 g/mol. The number of hydrogen-bond donors (Lipinski definition) is 1. The summed E-state index contributed by atoms with van der Waals surface area (Å²) in [6, 6.07) is 0. The lowest BCUT2D eigenvalue weighted by Gasteiger charge is -2.19. The summed E-state index contributed by atoms with van der Waals surface area (Å²) >= 11 is 0. The van der Waals surface area contributed by atoms with Crippen LogP contribution in [-0.2, 0) is 14.6 Å². The van der Waals surface area contributed by atoms with Crippen LogP contribution in [0, 0.1) is 11.8 Å². The van der Waals surface area contributed by atoms with Crippen molar-refractivity contribution in [3.8, 4) is 0 Å². The third kappa shape index (κ3) is 3.20. The first-order valence-electron chi connectivity index (χ1n) is 5.79. The summed E-state index contributed by atoms with van der Waals surface area (Å²) < 4.78 is 23.9. The predicted molar refractivity (Wildman–Crippen MR) is 62.0 cm³/mol. The molecule has 0 aliphatic heterocycles. The maximum absolute atomic E-state index is 12.0. The van der Waals surface area contributed by atoms with Crippen molar-refractivity contribution in [3.63, 3.8) is 0 Å². The molecule has 1 aliphatic rings. The molecule has 4 nitrogen and oxygen atoms in total. The predicted octanol–water partition coefficient (Wildman–Crippen LogP) is 1.70. The highest BCUT2D eigenvalue weighted by Gasteiger charge is 2.33. The van der Waals surface area contributed by atoms with Gasteiger partial charge < -0.3 is 5.11 Å². The molecule has 0 radical (unpaired) electrons. The molecule has 0 amide bonds. The van der Waals surface area contributed by atoms with Gasteiger partial charge in [-0.1, -0.05) is 19.8 Å². The van der Waals surface area contributed by atoms with Crippen LogP contribution < -0.4 is 0 Å². The van der Waals surface area contributed by atoms with Crippen LogP contribution in [0.5, 0.6) is 0 Å². The molecule has 0 bridgehead atoms. The van der Waals surface area contributed by atoms with Crippen LogP contribution in [0.2, 0.25) is 0 Å². The minimum Gasteiger partial charge on any atom is -0.481 e. The van der Waals surface area contributed by atoms with Crippen molar-refractivity contribution < 1.29 is 18.3 Å². The zero-order valence-corrected chi connectivity index (χ0v) is 10.7. The maximum atomic E-state index is 12.0. The van der Waals surface area contributed by atoms with Crippen LogP contribution in [0.3, 0.4) is 0 Å². The first kappa shape index (κ1) is 13.5. The van der Waals surface area contributed by atoms with Crippen LogP contribution >= 0.6 is 0 Å². The Kier molecular flexibility index (Phi) is 4.35. The molecule has 94 valence electrons. The SMILES string of the molecule is CC(C(=O)O)C(C)S(=O)(=O)CC1CCCC1. The van der Waals surface area contributed by atoms with Gasteiger partial charge in [0.2, 0.25) is 0 Å². The van der Waals surface area contributed by atoms with Crippen LogP contribution in [-0.4, -0.2) is 30.5 Å². The van der Waals surface area contributed by atoms with E-state index in [0.29, 0.717) is 0 Å². The van der Waals surface area contributed by atoms with Gasteiger partial charge in [-0.2, -0.15) is 0 Å². The number of hydrogen-bond acceptors (Lipinski definition) is 3. The molecule has 0 spiro atoms. The largest absolute Gasteiger partial charge is 0.481 e. The Bertz CT molecular complexity index is 341. The van der Waals surface area contributed by atoms with Gasteiger partial charge in [0.1, 0.15) is 0 Å². The molecule has 1 saturated carbocycles. The Balaban J connectivity index is 2.65. The lowest BCUT2D eigenvalue weighted by atomic mass is 10.1. The highest BCUT2D eigenvalue weighted by atomic mass is 32.2. The Hall–Kier alpha value is -0.580. The summed E-state index contributed by atoms with van der Waals surface area (Å²) in [5.74, 6) is -1.46. The number of rotatable bonds is 5. The zero-order chi connectivity index (χ0) is 12.3. The third-order valence-corrected chi connectivity index (χ3v) is 6.08. The Morgan fingerprint density at radius 3 is 2.25 bits per heavy atom. The maximum Gasteiger partial charge on any atom is 0.307 e. The zero-order valence-electron chi connectivity index (χ0n) is 9.85. The van der Waals surface area contributed by atoms with Crippen molar-refractivity contribution >= 4 is 15.8 Å². The normalized spacial score (nSPS) is 21.9. The summed E-state index contributed by atoms with van der Waals surface area (Å²) in [5, 5.41) is 8.03. The molecule has 2 unspecified atom stereocenters. The first-order valence-corrected chi connectivity index (χ1v) is 7.50. The molecule has 0 aromatic heterocycles. The van der Waals surface area contributed by atoms with Crippen LogP contribution in [0.1, 0.15) is 39.5 Å². The molecule has 0 saturated heterocycles. The molecule has 0 aromatic carbocycles. The number of carboxylic acids is 1. The molecule has 0 aromatic rings. The minimum atomic E-state index is -3.27. The van der Waals surface area contributed by atoms with Gasteiger partial charge in [-0.05, 0) is 25.7 Å². The van der Waals surface area contributed by atoms with E-state index in [-0.39, 0.29) is 11.7 Å². The van der Waals surface area contributed by atoms with Gasteiger partial charge in [0.05, 0.1) is 16.9 Å². The van der Waals surface area contributed by atoms with Crippen LogP contribution in [0.4, 0.5) is 0 Å². The summed E-state index contributed by atoms with van der Waals surface area (Å²) in [6.45, 7) is 2.96. The molecule has 1 aliphatic carbocycles. The van der Waals surface area contributed by atoms with Gasteiger partial charge in [-0.3, -0.25) is 4.79 Å². The molecule has 2 atom stereocenters. The first-order chi connectivity index (χ1) is 7.34. The fourth-order valence-corrected chi connectivity index (χ4v) is 4.20. The Morgan fingerprint density at radius 1 is 1.31 bits per heavy atom. The third-order valence-electron chi connectivity index (χ3n) is 3.60. The van der Waals surface area contributed by atoms with E-state index in [4.69, 9.17) is 5.11 Å². The van der Waals surface area contributed by atoms with Gasteiger partial charge in [0, 0.05) is 0 Å². The van der Waals surface area contributed by atoms with Crippen molar-refractivity contribution in [2.24, 2.45) is 11.8 Å². The molecule has 16 heavy (non-hydrogen) atoms. The van der Waals surface area contributed by atoms with Crippen LogP contribution in [0.15, 0.2) is 0 Å². The van der Waals surface area contributed by atoms with Crippen molar-refractivity contribution in [3.05, 3.63) is 0 Å². The Labute approximate surface area is 97.0 Å². The smallest absolute Gasteiger partial charge is 0.307 e. The standard InChI is InChI=1S/C11H20O4S/c1-8(11(12)13)9(2)16(14,15)7-10-5-3-4-6-10/h8-10H,3-7H2,1-2H3,(H,12,13). The Morgan fingerprint density at radius 2 is 1.81 bits per heavy atom. The highest BCUT2D eigenvalue weighted by molar-refractivity contribution is 7.92. The van der Waals surface area contributed by atoms with Gasteiger partial charge in [-0.25, -0.2) is 8.42 Å². The molecule has 1 fully saturated rings. The van der Waals surface area contributed by atoms with E-state index in [1.807, 2.05) is 0 Å². The van der Waals surface area contributed by atoms with E-state index in [9.17, 15) is 13.2 Å². The van der Waals surface area contributed by atoms with Gasteiger partial charge in [0.25, 0.3) is 0 Å². The van der Waals surface area contributed by atoms with E-state index < -0.39 is 27.0 Å². The highest BCUT2D eigenvalue weighted by Crippen LogP contribution is 2.28. The molecular weight excluding hydrogens is 228 g/mol. The summed E-state index contributed by atoms with van der Waals surface area (Å²) in [5.41, 5.74) is 0. The van der Waals surface area contributed by atoms with Crippen LogP contribution in [0.25, 0.3) is 0 Å². The molecule has 0 heterocycles. The summed E-state index contributed by atoms with van der Waals surface area (Å²) in [4.78, 5) is 10.8. The van der Waals surface area contributed by atoms with E-state index in [1.54, 1.807) is 0 Å². The molecule has 1 rings (SSSR count). The number of sulfone groups is 1. The van der Waals surface area contributed by atoms with E-state index in [0.717, 1.165) is 25.7 Å². The van der Waals surface area contributed by atoms with Gasteiger partial charge in [-0.15, -0.1) is 0 Å². The van der Waals surface area contributed by atoms with E-state index in [2.05, 4.69) is 0 Å². The van der Waals surface area contributed by atoms with Crippen molar-refractivity contribution in [1.82, 2.24) is 0 Å². The summed E-state index contributed by atoms with van der Waals surface area (Å²) in [6.07, 6.45) is 4.13. The topological polar surface area (TPSA) is 71.4 Å². The van der Waals surface area contributed by atoms with E-state index in [1.165, 1.54) is 13.8 Å². The monoisotopic (exact) mass is 248 g/mol. The second-order valence-corrected chi connectivity index (χ2v) is 7.21. The number of carboxylic acid groups (broad SMARTS) is 1. The van der Waals surface area contributed by atoms with Crippen molar-refractivity contribution in [2.75, 3.05) is 5.75 Å². The molecule has 5 heteroatoms. The lowest BCUT2D eigenvalue weighted by Crippen LogP contribution is -2.33. The van der Waals surface area contributed by atoms with Gasteiger partial charge in [0.15, 0.2) is 9.84 Å². The minimum absolute atomic E-state index is 0.159. The quantitative estimate of drug-likeness (QED) is 0.803. The summed E-state index contributed by atoms with van der Waals surface area (Å²) in [7, 11) is -3.27. The lowest BCUT2D eigenvalue weighted by molar-refractivity contribution is -0.141. The van der Waals surface area contributed by atoms with E-state index >= 15 is 0 Å². The fourth-order valence-electron chi connectivity index (χ4n) is 2.17. The average Bonchev–Trinajstić information content (AvgIpc) is 2.67. The van der Waals surface area contributed by atoms with Gasteiger partial charge >= 0.3 is 5.97 Å². The second-order valence-electron chi connectivity index (χ2n) is 4.81. The van der Waals surface area contributed by atoms with Crippen molar-refractivity contribution in [2.45, 2.75) is 44.8 Å². The number of carbonyl (C=O) groups is 1. The molecular formula is C11H20O4S. The van der Waals surface area contributed by atoms with Crippen molar-refractivity contribution in [1.29, 1.82) is 0 Å². The fraction of sp³-hybridized carbons (Fsp3) is 0.909. The number of aliphatic carboxylic acids is 1. The molecule has 1 N–H and O–H groups in total. The second kappa shape index (κ2) is 5.17.